The topological polar surface area (TPSA) is 42.2 Å². The molecule has 140 valence electrons. The highest BCUT2D eigenvalue weighted by atomic mass is 19.4. The standard InChI is InChI=1S/C21H18F3NO2/c1-13-3-4-16(14(2)9-13)12-25-19(15-5-7-18(26)8-6-15)10-17(11-20(25)27)21(22,23)24/h3-11,26H,12H2,1-2H3. The lowest BCUT2D eigenvalue weighted by molar-refractivity contribution is -0.137. The van der Waals surface area contributed by atoms with E-state index in [-0.39, 0.29) is 18.0 Å². The normalized spacial score (nSPS) is 11.6. The van der Waals surface area contributed by atoms with Crippen molar-refractivity contribution in [3.05, 3.63) is 87.2 Å². The van der Waals surface area contributed by atoms with Gasteiger partial charge in [-0.2, -0.15) is 13.2 Å². The SMILES string of the molecule is Cc1ccc(Cn2c(-c3ccc(O)cc3)cc(C(F)(F)F)cc2=O)c(C)c1. The fourth-order valence-corrected chi connectivity index (χ4v) is 2.99. The minimum atomic E-state index is -4.62. The predicted octanol–water partition coefficient (Wildman–Crippen LogP) is 4.90. The average molecular weight is 373 g/mol. The molecule has 2 aromatic carbocycles. The monoisotopic (exact) mass is 373 g/mol. The van der Waals surface area contributed by atoms with E-state index >= 15 is 0 Å². The van der Waals surface area contributed by atoms with E-state index in [1.807, 2.05) is 32.0 Å². The third kappa shape index (κ3) is 4.05. The summed E-state index contributed by atoms with van der Waals surface area (Å²) in [6.45, 7) is 4.00. The molecule has 1 aromatic heterocycles. The summed E-state index contributed by atoms with van der Waals surface area (Å²) in [6.07, 6.45) is -4.62. The van der Waals surface area contributed by atoms with Crippen LogP contribution in [0, 0.1) is 13.8 Å². The number of aryl methyl sites for hydroxylation is 2. The molecule has 0 amide bonds. The summed E-state index contributed by atoms with van der Waals surface area (Å²) in [6, 6.07) is 13.1. The average Bonchev–Trinajstić information content (AvgIpc) is 2.58. The van der Waals surface area contributed by atoms with Gasteiger partial charge in [0.1, 0.15) is 5.75 Å². The highest BCUT2D eigenvalue weighted by molar-refractivity contribution is 5.62. The van der Waals surface area contributed by atoms with Crippen molar-refractivity contribution in [1.29, 1.82) is 0 Å². The third-order valence-electron chi connectivity index (χ3n) is 4.44. The van der Waals surface area contributed by atoms with Gasteiger partial charge in [-0.05, 0) is 60.9 Å². The van der Waals surface area contributed by atoms with Gasteiger partial charge in [-0.25, -0.2) is 0 Å². The summed E-state index contributed by atoms with van der Waals surface area (Å²) in [5.41, 5.74) is 1.71. The number of aromatic nitrogens is 1. The Bertz CT molecular complexity index is 1030. The molecule has 3 aromatic rings. The molecule has 0 bridgehead atoms. The van der Waals surface area contributed by atoms with E-state index in [0.29, 0.717) is 11.6 Å². The second-order valence-electron chi connectivity index (χ2n) is 6.53. The fraction of sp³-hybridized carbons (Fsp3) is 0.190. The Morgan fingerprint density at radius 3 is 2.22 bits per heavy atom. The summed E-state index contributed by atoms with van der Waals surface area (Å²) in [7, 11) is 0. The van der Waals surface area contributed by atoms with Crippen molar-refractivity contribution in [3.63, 3.8) is 0 Å². The summed E-state index contributed by atoms with van der Waals surface area (Å²) < 4.78 is 40.9. The number of hydrogen-bond acceptors (Lipinski definition) is 2. The van der Waals surface area contributed by atoms with Gasteiger partial charge in [-0.1, -0.05) is 23.8 Å². The molecule has 0 fully saturated rings. The van der Waals surface area contributed by atoms with Crippen LogP contribution in [0.15, 0.2) is 59.4 Å². The van der Waals surface area contributed by atoms with Crippen LogP contribution in [-0.4, -0.2) is 9.67 Å². The summed E-state index contributed by atoms with van der Waals surface area (Å²) in [5, 5.41) is 9.46. The van der Waals surface area contributed by atoms with Crippen molar-refractivity contribution in [2.45, 2.75) is 26.6 Å². The molecule has 0 radical (unpaired) electrons. The minimum absolute atomic E-state index is 0.00555. The van der Waals surface area contributed by atoms with Gasteiger partial charge in [-0.3, -0.25) is 4.79 Å². The molecule has 27 heavy (non-hydrogen) atoms. The van der Waals surface area contributed by atoms with Crippen LogP contribution in [0.3, 0.4) is 0 Å². The van der Waals surface area contributed by atoms with Gasteiger partial charge in [0.2, 0.25) is 0 Å². The van der Waals surface area contributed by atoms with Gasteiger partial charge in [0, 0.05) is 6.07 Å². The van der Waals surface area contributed by atoms with Crippen molar-refractivity contribution >= 4 is 0 Å². The van der Waals surface area contributed by atoms with Crippen LogP contribution in [-0.2, 0) is 12.7 Å². The number of aromatic hydroxyl groups is 1. The first kappa shape index (κ1) is 18.8. The van der Waals surface area contributed by atoms with E-state index in [1.165, 1.54) is 28.8 Å². The number of benzene rings is 2. The van der Waals surface area contributed by atoms with Crippen molar-refractivity contribution in [1.82, 2.24) is 4.57 Å². The Hall–Kier alpha value is -3.02. The summed E-state index contributed by atoms with van der Waals surface area (Å²) in [5.74, 6) is -0.00555. The first-order valence-electron chi connectivity index (χ1n) is 8.33. The maximum Gasteiger partial charge on any atom is 0.416 e. The van der Waals surface area contributed by atoms with Crippen molar-refractivity contribution in [3.8, 4) is 17.0 Å². The maximum absolute atomic E-state index is 13.2. The molecule has 0 saturated carbocycles. The number of alkyl halides is 3. The van der Waals surface area contributed by atoms with E-state index in [2.05, 4.69) is 0 Å². The third-order valence-corrected chi connectivity index (χ3v) is 4.44. The van der Waals surface area contributed by atoms with Crippen molar-refractivity contribution < 1.29 is 18.3 Å². The number of rotatable bonds is 3. The van der Waals surface area contributed by atoms with E-state index in [9.17, 15) is 23.1 Å². The Balaban J connectivity index is 2.19. The zero-order valence-corrected chi connectivity index (χ0v) is 14.8. The molecule has 0 aliphatic rings. The molecular weight excluding hydrogens is 355 g/mol. The van der Waals surface area contributed by atoms with Gasteiger partial charge in [-0.15, -0.1) is 0 Å². The largest absolute Gasteiger partial charge is 0.508 e. The molecule has 3 nitrogen and oxygen atoms in total. The van der Waals surface area contributed by atoms with Crippen molar-refractivity contribution in [2.75, 3.05) is 0 Å². The predicted molar refractivity (Wildman–Crippen MR) is 97.8 cm³/mol. The molecule has 0 unspecified atom stereocenters. The van der Waals surface area contributed by atoms with Gasteiger partial charge in [0.05, 0.1) is 17.8 Å². The van der Waals surface area contributed by atoms with E-state index in [1.54, 1.807) is 0 Å². The molecule has 0 aliphatic carbocycles. The molecule has 6 heteroatoms. The van der Waals surface area contributed by atoms with Crippen LogP contribution in [0.1, 0.15) is 22.3 Å². The lowest BCUT2D eigenvalue weighted by atomic mass is 10.0. The molecule has 1 heterocycles. The number of nitrogens with zero attached hydrogens (tertiary/aromatic N) is 1. The van der Waals surface area contributed by atoms with Crippen LogP contribution < -0.4 is 5.56 Å². The molecule has 0 spiro atoms. The number of pyridine rings is 1. The number of phenols is 1. The van der Waals surface area contributed by atoms with Crippen LogP contribution in [0.2, 0.25) is 0 Å². The van der Waals surface area contributed by atoms with E-state index in [4.69, 9.17) is 0 Å². The van der Waals surface area contributed by atoms with Gasteiger partial charge >= 0.3 is 6.18 Å². The lowest BCUT2D eigenvalue weighted by Gasteiger charge is -2.17. The van der Waals surface area contributed by atoms with Crippen molar-refractivity contribution in [2.24, 2.45) is 0 Å². The van der Waals surface area contributed by atoms with Crippen LogP contribution in [0.5, 0.6) is 5.75 Å². The quantitative estimate of drug-likeness (QED) is 0.709. The van der Waals surface area contributed by atoms with E-state index < -0.39 is 17.3 Å². The van der Waals surface area contributed by atoms with Gasteiger partial charge in [0.25, 0.3) is 5.56 Å². The smallest absolute Gasteiger partial charge is 0.416 e. The molecule has 0 aliphatic heterocycles. The van der Waals surface area contributed by atoms with Crippen LogP contribution >= 0.6 is 0 Å². The second kappa shape index (κ2) is 6.95. The number of phenolic OH excluding ortho intramolecular Hbond substituents is 1. The molecule has 1 N–H and O–H groups in total. The number of hydrogen-bond donors (Lipinski definition) is 1. The van der Waals surface area contributed by atoms with Crippen LogP contribution in [0.4, 0.5) is 13.2 Å². The van der Waals surface area contributed by atoms with Gasteiger partial charge in [0.15, 0.2) is 0 Å². The highest BCUT2D eigenvalue weighted by Gasteiger charge is 2.32. The fourth-order valence-electron chi connectivity index (χ4n) is 2.99. The molecule has 0 atom stereocenters. The zero-order valence-electron chi connectivity index (χ0n) is 14.8. The van der Waals surface area contributed by atoms with Crippen LogP contribution in [0.25, 0.3) is 11.3 Å². The minimum Gasteiger partial charge on any atom is -0.508 e. The Morgan fingerprint density at radius 2 is 1.63 bits per heavy atom. The maximum atomic E-state index is 13.2. The summed E-state index contributed by atoms with van der Waals surface area (Å²) in [4.78, 5) is 12.5. The Labute approximate surface area is 154 Å². The zero-order chi connectivity index (χ0) is 19.8. The molecule has 0 saturated heterocycles. The highest BCUT2D eigenvalue weighted by Crippen LogP contribution is 2.32. The van der Waals surface area contributed by atoms with Gasteiger partial charge < -0.3 is 9.67 Å². The summed E-state index contributed by atoms with van der Waals surface area (Å²) >= 11 is 0. The Morgan fingerprint density at radius 1 is 0.963 bits per heavy atom. The Kier molecular flexibility index (Phi) is 4.83. The lowest BCUT2D eigenvalue weighted by Crippen LogP contribution is -2.24. The molecular formula is C21H18F3NO2. The molecule has 3 rings (SSSR count). The van der Waals surface area contributed by atoms with E-state index in [0.717, 1.165) is 22.8 Å². The second-order valence-corrected chi connectivity index (χ2v) is 6.53. The number of halogens is 3. The first-order valence-corrected chi connectivity index (χ1v) is 8.33. The first-order chi connectivity index (χ1) is 12.6.